The SMILES string of the molecule is CCCC(CC)CC(CC(C)CCCC(C)CC)C(C)CC. The lowest BCUT2D eigenvalue weighted by molar-refractivity contribution is 0.215. The van der Waals surface area contributed by atoms with E-state index in [9.17, 15) is 0 Å². The van der Waals surface area contributed by atoms with Crippen molar-refractivity contribution >= 4 is 0 Å². The Bertz CT molecular complexity index is 232. The van der Waals surface area contributed by atoms with Crippen LogP contribution in [0, 0.1) is 29.6 Å². The van der Waals surface area contributed by atoms with Crippen LogP contribution in [-0.2, 0) is 0 Å². The quantitative estimate of drug-likeness (QED) is 0.304. The zero-order valence-electron chi connectivity index (χ0n) is 17.0. The Hall–Kier alpha value is 0. The van der Waals surface area contributed by atoms with Crippen LogP contribution in [0.4, 0.5) is 0 Å². The maximum Gasteiger partial charge on any atom is -0.0383 e. The van der Waals surface area contributed by atoms with E-state index < -0.39 is 0 Å². The van der Waals surface area contributed by atoms with Gasteiger partial charge in [0.15, 0.2) is 0 Å². The van der Waals surface area contributed by atoms with Crippen molar-refractivity contribution in [2.24, 2.45) is 29.6 Å². The average Bonchev–Trinajstić information content (AvgIpc) is 2.52. The second-order valence-corrected chi connectivity index (χ2v) is 8.23. The summed E-state index contributed by atoms with van der Waals surface area (Å²) in [5.41, 5.74) is 0. The Morgan fingerprint density at radius 3 is 1.77 bits per heavy atom. The normalized spacial score (nSPS) is 18.7. The van der Waals surface area contributed by atoms with Crippen molar-refractivity contribution in [2.75, 3.05) is 0 Å². The summed E-state index contributed by atoms with van der Waals surface area (Å²) in [7, 11) is 0. The van der Waals surface area contributed by atoms with Gasteiger partial charge in [0.1, 0.15) is 0 Å². The van der Waals surface area contributed by atoms with Crippen molar-refractivity contribution in [1.29, 1.82) is 0 Å². The Balaban J connectivity index is 4.32. The van der Waals surface area contributed by atoms with E-state index in [2.05, 4.69) is 48.5 Å². The first-order valence-corrected chi connectivity index (χ1v) is 10.5. The van der Waals surface area contributed by atoms with Gasteiger partial charge in [0.05, 0.1) is 0 Å². The molecule has 0 aliphatic rings. The molecular formula is C22H46. The summed E-state index contributed by atoms with van der Waals surface area (Å²) < 4.78 is 0. The van der Waals surface area contributed by atoms with E-state index in [4.69, 9.17) is 0 Å². The summed E-state index contributed by atoms with van der Waals surface area (Å²) >= 11 is 0. The lowest BCUT2D eigenvalue weighted by Crippen LogP contribution is -2.19. The molecular weight excluding hydrogens is 264 g/mol. The predicted molar refractivity (Wildman–Crippen MR) is 103 cm³/mol. The van der Waals surface area contributed by atoms with Gasteiger partial charge in [-0.25, -0.2) is 0 Å². The van der Waals surface area contributed by atoms with Crippen molar-refractivity contribution < 1.29 is 0 Å². The van der Waals surface area contributed by atoms with Crippen LogP contribution in [0.2, 0.25) is 0 Å². The molecule has 0 amide bonds. The van der Waals surface area contributed by atoms with E-state index in [-0.39, 0.29) is 0 Å². The maximum atomic E-state index is 2.51. The van der Waals surface area contributed by atoms with Gasteiger partial charge in [0.25, 0.3) is 0 Å². The zero-order valence-corrected chi connectivity index (χ0v) is 17.0. The molecule has 0 aliphatic carbocycles. The first-order valence-electron chi connectivity index (χ1n) is 10.5. The molecule has 0 rings (SSSR count). The van der Waals surface area contributed by atoms with Gasteiger partial charge < -0.3 is 0 Å². The zero-order chi connectivity index (χ0) is 17.0. The molecule has 0 spiro atoms. The molecule has 22 heavy (non-hydrogen) atoms. The van der Waals surface area contributed by atoms with Crippen molar-refractivity contribution in [2.45, 2.75) is 113 Å². The molecule has 0 nitrogen and oxygen atoms in total. The molecule has 0 fully saturated rings. The highest BCUT2D eigenvalue weighted by atomic mass is 14.3. The molecule has 5 atom stereocenters. The van der Waals surface area contributed by atoms with Crippen molar-refractivity contribution in [1.82, 2.24) is 0 Å². The lowest BCUT2D eigenvalue weighted by atomic mass is 9.76. The van der Waals surface area contributed by atoms with Gasteiger partial charge in [-0.15, -0.1) is 0 Å². The van der Waals surface area contributed by atoms with Crippen molar-refractivity contribution in [3.63, 3.8) is 0 Å². The monoisotopic (exact) mass is 310 g/mol. The summed E-state index contributed by atoms with van der Waals surface area (Å²) in [5, 5.41) is 0. The fourth-order valence-electron chi connectivity index (χ4n) is 3.87. The summed E-state index contributed by atoms with van der Waals surface area (Å²) in [6.07, 6.45) is 14.1. The minimum absolute atomic E-state index is 0.905. The highest BCUT2D eigenvalue weighted by Crippen LogP contribution is 2.33. The Morgan fingerprint density at radius 2 is 1.27 bits per heavy atom. The molecule has 0 saturated carbocycles. The standard InChI is InChI=1S/C22H46/c1-8-13-21(11-4)17-22(20(7)10-3)16-19(6)15-12-14-18(5)9-2/h18-22H,8-17H2,1-7H3. The largest absolute Gasteiger partial charge is 0.0654 e. The molecule has 0 aromatic heterocycles. The highest BCUT2D eigenvalue weighted by molar-refractivity contribution is 4.73. The Morgan fingerprint density at radius 1 is 0.636 bits per heavy atom. The van der Waals surface area contributed by atoms with E-state index in [1.54, 1.807) is 0 Å². The molecule has 0 aliphatic heterocycles. The molecule has 0 N–H and O–H groups in total. The molecule has 0 aromatic rings. The molecule has 0 heterocycles. The van der Waals surface area contributed by atoms with Gasteiger partial charge in [0, 0.05) is 0 Å². The maximum absolute atomic E-state index is 2.51. The average molecular weight is 311 g/mol. The van der Waals surface area contributed by atoms with Gasteiger partial charge in [0.2, 0.25) is 0 Å². The smallest absolute Gasteiger partial charge is 0.0383 e. The third-order valence-electron chi connectivity index (χ3n) is 6.15. The summed E-state index contributed by atoms with van der Waals surface area (Å²) in [6.45, 7) is 16.9. The van der Waals surface area contributed by atoms with Crippen LogP contribution < -0.4 is 0 Å². The van der Waals surface area contributed by atoms with Gasteiger partial charge in [-0.3, -0.25) is 0 Å². The Labute approximate surface area is 142 Å². The van der Waals surface area contributed by atoms with Crippen LogP contribution in [0.15, 0.2) is 0 Å². The molecule has 134 valence electrons. The van der Waals surface area contributed by atoms with E-state index in [1.165, 1.54) is 64.2 Å². The molecule has 0 radical (unpaired) electrons. The second-order valence-electron chi connectivity index (χ2n) is 8.23. The van der Waals surface area contributed by atoms with Crippen LogP contribution in [-0.4, -0.2) is 0 Å². The number of hydrogen-bond donors (Lipinski definition) is 0. The van der Waals surface area contributed by atoms with E-state index in [0.717, 1.165) is 29.6 Å². The van der Waals surface area contributed by atoms with E-state index in [1.807, 2.05) is 0 Å². The van der Waals surface area contributed by atoms with E-state index in [0.29, 0.717) is 0 Å². The first kappa shape index (κ1) is 22.0. The number of hydrogen-bond acceptors (Lipinski definition) is 0. The van der Waals surface area contributed by atoms with Crippen molar-refractivity contribution in [3.05, 3.63) is 0 Å². The van der Waals surface area contributed by atoms with Crippen LogP contribution in [0.25, 0.3) is 0 Å². The fourth-order valence-corrected chi connectivity index (χ4v) is 3.87. The summed E-state index contributed by atoms with van der Waals surface area (Å²) in [5.74, 6) is 4.67. The molecule has 5 unspecified atom stereocenters. The molecule has 0 heteroatoms. The van der Waals surface area contributed by atoms with Gasteiger partial charge in [-0.05, 0) is 42.4 Å². The van der Waals surface area contributed by atoms with Gasteiger partial charge in [-0.2, -0.15) is 0 Å². The Kier molecular flexibility index (Phi) is 13.4. The molecule has 0 aromatic carbocycles. The lowest BCUT2D eigenvalue weighted by Gasteiger charge is -2.29. The van der Waals surface area contributed by atoms with Crippen molar-refractivity contribution in [3.8, 4) is 0 Å². The minimum atomic E-state index is 0.905. The van der Waals surface area contributed by atoms with Crippen LogP contribution in [0.3, 0.4) is 0 Å². The van der Waals surface area contributed by atoms with Crippen LogP contribution in [0.5, 0.6) is 0 Å². The van der Waals surface area contributed by atoms with Gasteiger partial charge in [-0.1, -0.05) is 99.8 Å². The van der Waals surface area contributed by atoms with Gasteiger partial charge >= 0.3 is 0 Å². The molecule has 0 bridgehead atoms. The second kappa shape index (κ2) is 13.4. The highest BCUT2D eigenvalue weighted by Gasteiger charge is 2.22. The third kappa shape index (κ3) is 9.90. The van der Waals surface area contributed by atoms with Crippen LogP contribution in [0.1, 0.15) is 113 Å². The predicted octanol–water partition coefficient (Wildman–Crippen LogP) is 8.11. The minimum Gasteiger partial charge on any atom is -0.0654 e. The molecule has 0 saturated heterocycles. The fraction of sp³-hybridized carbons (Fsp3) is 1.00. The van der Waals surface area contributed by atoms with Crippen LogP contribution >= 0.6 is 0 Å². The number of rotatable bonds is 14. The first-order chi connectivity index (χ1) is 10.5. The topological polar surface area (TPSA) is 0 Å². The third-order valence-corrected chi connectivity index (χ3v) is 6.15. The van der Waals surface area contributed by atoms with E-state index >= 15 is 0 Å². The summed E-state index contributed by atoms with van der Waals surface area (Å²) in [4.78, 5) is 0. The summed E-state index contributed by atoms with van der Waals surface area (Å²) in [6, 6.07) is 0.